The predicted molar refractivity (Wildman–Crippen MR) is 97.3 cm³/mol. The zero-order valence-corrected chi connectivity index (χ0v) is 15.2. The number of carbonyl (C=O) groups excluding carboxylic acids is 1. The molecule has 1 aliphatic heterocycles. The quantitative estimate of drug-likeness (QED) is 0.861. The first-order valence-electron chi connectivity index (χ1n) is 8.45. The van der Waals surface area contributed by atoms with E-state index in [0.29, 0.717) is 36.0 Å². The minimum Gasteiger partial charge on any atom is -0.493 e. The van der Waals surface area contributed by atoms with E-state index in [2.05, 4.69) is 11.4 Å². The molecule has 0 bridgehead atoms. The van der Waals surface area contributed by atoms with Gasteiger partial charge in [-0.3, -0.25) is 4.79 Å². The third kappa shape index (κ3) is 3.60. The van der Waals surface area contributed by atoms with Crippen molar-refractivity contribution in [3.05, 3.63) is 53.1 Å². The molecule has 1 N–H and O–H groups in total. The summed E-state index contributed by atoms with van der Waals surface area (Å²) in [5, 5.41) is 2.93. The number of rotatable bonds is 6. The Kier molecular flexibility index (Phi) is 5.63. The van der Waals surface area contributed by atoms with Crippen LogP contribution in [0, 0.1) is 0 Å². The van der Waals surface area contributed by atoms with Crippen molar-refractivity contribution in [3.8, 4) is 17.2 Å². The summed E-state index contributed by atoms with van der Waals surface area (Å²) in [6.45, 7) is 1.05. The Morgan fingerprint density at radius 1 is 1.12 bits per heavy atom. The first kappa shape index (κ1) is 18.1. The molecule has 3 rings (SSSR count). The van der Waals surface area contributed by atoms with Crippen LogP contribution in [0.2, 0.25) is 0 Å². The first-order chi connectivity index (χ1) is 12.7. The fourth-order valence-electron chi connectivity index (χ4n) is 3.15. The third-order valence-corrected chi connectivity index (χ3v) is 4.47. The summed E-state index contributed by atoms with van der Waals surface area (Å²) in [6.07, 6.45) is 0.749. The highest BCUT2D eigenvalue weighted by atomic mass is 16.5. The van der Waals surface area contributed by atoms with E-state index in [1.165, 1.54) is 26.9 Å². The van der Waals surface area contributed by atoms with Crippen LogP contribution in [0.25, 0.3) is 0 Å². The SMILES string of the molecule is COc1cc(C(=O)NC[C@H]2OCCc3ccccc32)cc(OC)c1OC. The van der Waals surface area contributed by atoms with Crippen LogP contribution < -0.4 is 19.5 Å². The van der Waals surface area contributed by atoms with Crippen molar-refractivity contribution in [2.24, 2.45) is 0 Å². The number of hydrogen-bond donors (Lipinski definition) is 1. The highest BCUT2D eigenvalue weighted by Gasteiger charge is 2.22. The van der Waals surface area contributed by atoms with Gasteiger partial charge >= 0.3 is 0 Å². The van der Waals surface area contributed by atoms with Gasteiger partial charge in [0.25, 0.3) is 5.91 Å². The van der Waals surface area contributed by atoms with Crippen molar-refractivity contribution in [1.29, 1.82) is 0 Å². The van der Waals surface area contributed by atoms with E-state index in [4.69, 9.17) is 18.9 Å². The largest absolute Gasteiger partial charge is 0.493 e. The summed E-state index contributed by atoms with van der Waals surface area (Å²) in [7, 11) is 4.57. The van der Waals surface area contributed by atoms with Gasteiger partial charge in [0.05, 0.1) is 27.9 Å². The monoisotopic (exact) mass is 357 g/mol. The summed E-state index contributed by atoms with van der Waals surface area (Å²) < 4.78 is 21.7. The molecule has 0 saturated carbocycles. The molecular formula is C20H23NO5. The zero-order chi connectivity index (χ0) is 18.5. The Balaban J connectivity index is 1.75. The summed E-state index contributed by atoms with van der Waals surface area (Å²) in [6, 6.07) is 11.4. The van der Waals surface area contributed by atoms with Gasteiger partial charge in [-0.2, -0.15) is 0 Å². The van der Waals surface area contributed by atoms with Gasteiger partial charge in [0, 0.05) is 12.1 Å². The van der Waals surface area contributed by atoms with Gasteiger partial charge in [0.2, 0.25) is 5.75 Å². The van der Waals surface area contributed by atoms with E-state index in [0.717, 1.165) is 12.0 Å². The topological polar surface area (TPSA) is 66.0 Å². The fourth-order valence-corrected chi connectivity index (χ4v) is 3.15. The lowest BCUT2D eigenvalue weighted by atomic mass is 9.97. The van der Waals surface area contributed by atoms with Gasteiger partial charge in [0.15, 0.2) is 11.5 Å². The van der Waals surface area contributed by atoms with Gasteiger partial charge in [-0.15, -0.1) is 0 Å². The molecule has 1 aliphatic rings. The number of carbonyl (C=O) groups is 1. The number of nitrogens with one attached hydrogen (secondary N) is 1. The third-order valence-electron chi connectivity index (χ3n) is 4.47. The molecule has 6 nitrogen and oxygen atoms in total. The van der Waals surface area contributed by atoms with Crippen molar-refractivity contribution in [2.45, 2.75) is 12.5 Å². The van der Waals surface area contributed by atoms with E-state index in [1.54, 1.807) is 12.1 Å². The van der Waals surface area contributed by atoms with Crippen LogP contribution in [0.3, 0.4) is 0 Å². The average molecular weight is 357 g/mol. The van der Waals surface area contributed by atoms with Gasteiger partial charge in [0.1, 0.15) is 6.10 Å². The van der Waals surface area contributed by atoms with Crippen LogP contribution in [0.1, 0.15) is 27.6 Å². The van der Waals surface area contributed by atoms with Crippen LogP contribution in [-0.4, -0.2) is 40.4 Å². The maximum absolute atomic E-state index is 12.6. The minimum absolute atomic E-state index is 0.147. The van der Waals surface area contributed by atoms with Crippen LogP contribution in [0.4, 0.5) is 0 Å². The van der Waals surface area contributed by atoms with E-state index in [9.17, 15) is 4.79 Å². The second kappa shape index (κ2) is 8.10. The molecule has 0 saturated heterocycles. The molecule has 0 aromatic heterocycles. The van der Waals surface area contributed by atoms with E-state index < -0.39 is 0 Å². The minimum atomic E-state index is -0.226. The molecule has 2 aromatic rings. The molecule has 2 aromatic carbocycles. The van der Waals surface area contributed by atoms with Gasteiger partial charge in [-0.05, 0) is 29.7 Å². The maximum Gasteiger partial charge on any atom is 0.251 e. The Labute approximate surface area is 153 Å². The highest BCUT2D eigenvalue weighted by Crippen LogP contribution is 2.38. The standard InChI is InChI=1S/C20H23NO5/c1-23-16-10-14(11-17(24-2)19(16)25-3)20(22)21-12-18-15-7-5-4-6-13(15)8-9-26-18/h4-7,10-11,18H,8-9,12H2,1-3H3,(H,21,22)/t18-/m1/s1. The normalized spacial score (nSPS) is 15.7. The van der Waals surface area contributed by atoms with Crippen molar-refractivity contribution in [2.75, 3.05) is 34.5 Å². The second-order valence-corrected chi connectivity index (χ2v) is 5.93. The summed E-state index contributed by atoms with van der Waals surface area (Å²) in [5.41, 5.74) is 2.83. The average Bonchev–Trinajstić information content (AvgIpc) is 2.70. The lowest BCUT2D eigenvalue weighted by Gasteiger charge is -2.26. The van der Waals surface area contributed by atoms with Crippen LogP contribution in [0.5, 0.6) is 17.2 Å². The Bertz CT molecular complexity index is 765. The van der Waals surface area contributed by atoms with Crippen molar-refractivity contribution in [1.82, 2.24) is 5.32 Å². The highest BCUT2D eigenvalue weighted by molar-refractivity contribution is 5.95. The molecule has 1 atom stereocenters. The fraction of sp³-hybridized carbons (Fsp3) is 0.350. The number of ether oxygens (including phenoxy) is 4. The van der Waals surface area contributed by atoms with Crippen LogP contribution >= 0.6 is 0 Å². The van der Waals surface area contributed by atoms with Crippen LogP contribution in [-0.2, 0) is 11.2 Å². The van der Waals surface area contributed by atoms with Gasteiger partial charge in [-0.1, -0.05) is 24.3 Å². The van der Waals surface area contributed by atoms with Crippen molar-refractivity contribution >= 4 is 5.91 Å². The Morgan fingerprint density at radius 2 is 1.81 bits per heavy atom. The second-order valence-electron chi connectivity index (χ2n) is 5.93. The van der Waals surface area contributed by atoms with E-state index >= 15 is 0 Å². The molecule has 0 spiro atoms. The smallest absolute Gasteiger partial charge is 0.251 e. The molecule has 1 amide bonds. The summed E-state index contributed by atoms with van der Waals surface area (Å²) in [4.78, 5) is 12.6. The lowest BCUT2D eigenvalue weighted by molar-refractivity contribution is 0.0411. The maximum atomic E-state index is 12.6. The van der Waals surface area contributed by atoms with E-state index in [1.807, 2.05) is 18.2 Å². The zero-order valence-electron chi connectivity index (χ0n) is 15.2. The number of methoxy groups -OCH3 is 3. The lowest BCUT2D eigenvalue weighted by Crippen LogP contribution is -2.31. The summed E-state index contributed by atoms with van der Waals surface area (Å²) in [5.74, 6) is 1.11. The van der Waals surface area contributed by atoms with Crippen molar-refractivity contribution in [3.63, 3.8) is 0 Å². The summed E-state index contributed by atoms with van der Waals surface area (Å²) >= 11 is 0. The molecule has 6 heteroatoms. The predicted octanol–water partition coefficient (Wildman–Crippen LogP) is 2.76. The molecule has 0 fully saturated rings. The Hall–Kier alpha value is -2.73. The molecular weight excluding hydrogens is 334 g/mol. The molecule has 0 aliphatic carbocycles. The molecule has 0 radical (unpaired) electrons. The van der Waals surface area contributed by atoms with Gasteiger partial charge < -0.3 is 24.3 Å². The number of amides is 1. The van der Waals surface area contributed by atoms with E-state index in [-0.39, 0.29) is 12.0 Å². The molecule has 0 unspecified atom stereocenters. The molecule has 26 heavy (non-hydrogen) atoms. The van der Waals surface area contributed by atoms with Crippen LogP contribution in [0.15, 0.2) is 36.4 Å². The van der Waals surface area contributed by atoms with Crippen molar-refractivity contribution < 1.29 is 23.7 Å². The Morgan fingerprint density at radius 3 is 2.46 bits per heavy atom. The molecule has 1 heterocycles. The van der Waals surface area contributed by atoms with Gasteiger partial charge in [-0.25, -0.2) is 0 Å². The number of benzene rings is 2. The number of hydrogen-bond acceptors (Lipinski definition) is 5. The molecule has 138 valence electrons. The first-order valence-corrected chi connectivity index (χ1v) is 8.45. The number of fused-ring (bicyclic) bond motifs is 1.